The largest absolute Gasteiger partial charge is 0.497 e. The molecule has 3 rings (SSSR count). The number of nitrogens with one attached hydrogen (secondary N) is 1. The van der Waals surface area contributed by atoms with E-state index in [-0.39, 0.29) is 6.04 Å². The van der Waals surface area contributed by atoms with Gasteiger partial charge in [-0.15, -0.1) is 0 Å². The van der Waals surface area contributed by atoms with Crippen molar-refractivity contribution in [2.45, 2.75) is 31.8 Å². The summed E-state index contributed by atoms with van der Waals surface area (Å²) >= 11 is 0. The summed E-state index contributed by atoms with van der Waals surface area (Å²) in [6.45, 7) is 3.82. The van der Waals surface area contributed by atoms with Crippen LogP contribution in [0.1, 0.15) is 30.0 Å². The van der Waals surface area contributed by atoms with Crippen molar-refractivity contribution in [2.24, 2.45) is 0 Å². The van der Waals surface area contributed by atoms with Crippen LogP contribution >= 0.6 is 0 Å². The summed E-state index contributed by atoms with van der Waals surface area (Å²) in [5.41, 5.74) is 2.50. The zero-order valence-electron chi connectivity index (χ0n) is 11.5. The third kappa shape index (κ3) is 2.10. The first-order valence-electron chi connectivity index (χ1n) is 6.88. The number of rotatable bonds is 2. The molecule has 2 heterocycles. The molecule has 4 heteroatoms. The monoisotopic (exact) mass is 260 g/mol. The van der Waals surface area contributed by atoms with Crippen LogP contribution in [0.4, 0.5) is 0 Å². The maximum absolute atomic E-state index is 11.8. The minimum absolute atomic E-state index is 0.256. The molecule has 1 aromatic carbocycles. The molecular weight excluding hydrogens is 240 g/mol. The van der Waals surface area contributed by atoms with Gasteiger partial charge >= 0.3 is 0 Å². The third-order valence-electron chi connectivity index (χ3n) is 4.29. The van der Waals surface area contributed by atoms with Gasteiger partial charge in [0.05, 0.1) is 19.2 Å². The Morgan fingerprint density at radius 3 is 3.00 bits per heavy atom. The fourth-order valence-corrected chi connectivity index (χ4v) is 3.31. The number of methoxy groups -OCH3 is 1. The Morgan fingerprint density at radius 2 is 2.26 bits per heavy atom. The summed E-state index contributed by atoms with van der Waals surface area (Å²) in [6.07, 6.45) is 1.65. The van der Waals surface area contributed by atoms with Gasteiger partial charge in [0.25, 0.3) is 0 Å². The highest BCUT2D eigenvalue weighted by molar-refractivity contribution is 5.79. The molecule has 0 saturated carbocycles. The lowest BCUT2D eigenvalue weighted by molar-refractivity contribution is -0.130. The van der Waals surface area contributed by atoms with Crippen LogP contribution in [-0.2, 0) is 4.79 Å². The van der Waals surface area contributed by atoms with E-state index >= 15 is 0 Å². The minimum Gasteiger partial charge on any atom is -0.497 e. The highest BCUT2D eigenvalue weighted by Crippen LogP contribution is 2.34. The topological polar surface area (TPSA) is 41.6 Å². The molecule has 0 spiro atoms. The molecular formula is C15H20N2O2. The molecule has 102 valence electrons. The molecule has 2 fully saturated rings. The van der Waals surface area contributed by atoms with Crippen molar-refractivity contribution in [2.75, 3.05) is 20.2 Å². The maximum Gasteiger partial charge on any atom is 0.223 e. The lowest BCUT2D eigenvalue weighted by atomic mass is 9.92. The predicted molar refractivity (Wildman–Crippen MR) is 73.2 cm³/mol. The molecule has 0 unspecified atom stereocenters. The number of hydrogen-bond donors (Lipinski definition) is 1. The Balaban J connectivity index is 1.91. The quantitative estimate of drug-likeness (QED) is 0.879. The van der Waals surface area contributed by atoms with Gasteiger partial charge < -0.3 is 15.0 Å². The average Bonchev–Trinajstić information content (AvgIpc) is 2.81. The molecule has 2 atom stereocenters. The third-order valence-corrected chi connectivity index (χ3v) is 4.29. The zero-order chi connectivity index (χ0) is 13.4. The van der Waals surface area contributed by atoms with Crippen LogP contribution in [-0.4, -0.2) is 37.0 Å². The van der Waals surface area contributed by atoms with Crippen LogP contribution in [0.3, 0.4) is 0 Å². The highest BCUT2D eigenvalue weighted by atomic mass is 16.5. The summed E-state index contributed by atoms with van der Waals surface area (Å²) < 4.78 is 5.26. The first kappa shape index (κ1) is 12.5. The second-order valence-electron chi connectivity index (χ2n) is 5.35. The fraction of sp³-hybridized carbons (Fsp3) is 0.533. The number of hydrogen-bond acceptors (Lipinski definition) is 3. The van der Waals surface area contributed by atoms with Gasteiger partial charge in [-0.3, -0.25) is 4.79 Å². The molecule has 2 aliphatic rings. The average molecular weight is 260 g/mol. The van der Waals surface area contributed by atoms with E-state index in [0.717, 1.165) is 25.3 Å². The van der Waals surface area contributed by atoms with Gasteiger partial charge in [0.15, 0.2) is 0 Å². The number of ether oxygens (including phenoxy) is 1. The zero-order valence-corrected chi connectivity index (χ0v) is 11.5. The molecule has 1 aromatic rings. The van der Waals surface area contributed by atoms with E-state index in [1.165, 1.54) is 11.1 Å². The summed E-state index contributed by atoms with van der Waals surface area (Å²) in [5, 5.41) is 3.57. The molecule has 1 amide bonds. The van der Waals surface area contributed by atoms with Crippen LogP contribution in [0.25, 0.3) is 0 Å². The Kier molecular flexibility index (Phi) is 3.19. The van der Waals surface area contributed by atoms with Crippen LogP contribution in [0.5, 0.6) is 5.75 Å². The van der Waals surface area contributed by atoms with Crippen molar-refractivity contribution in [1.29, 1.82) is 0 Å². The number of carbonyl (C=O) groups is 1. The van der Waals surface area contributed by atoms with Gasteiger partial charge in [-0.05, 0) is 36.6 Å². The van der Waals surface area contributed by atoms with Gasteiger partial charge in [0, 0.05) is 19.5 Å². The lowest BCUT2D eigenvalue weighted by Gasteiger charge is -2.38. The molecule has 1 N–H and O–H groups in total. The van der Waals surface area contributed by atoms with Crippen LogP contribution < -0.4 is 10.1 Å². The standard InChI is InChI=1S/C15H20N2O2/c1-10-9-11(19-2)3-4-12(10)15-13-5-6-14(18)17(13)8-7-16-15/h3-4,9,13,15-16H,5-8H2,1-2H3/t13-,15-/m0/s1. The van der Waals surface area contributed by atoms with E-state index in [1.807, 2.05) is 11.0 Å². The van der Waals surface area contributed by atoms with E-state index in [1.54, 1.807) is 7.11 Å². The predicted octanol–water partition coefficient (Wildman–Crippen LogP) is 1.64. The van der Waals surface area contributed by atoms with E-state index in [4.69, 9.17) is 4.74 Å². The van der Waals surface area contributed by atoms with Crippen molar-refractivity contribution in [3.8, 4) is 5.75 Å². The van der Waals surface area contributed by atoms with Crippen LogP contribution in [0.15, 0.2) is 18.2 Å². The van der Waals surface area contributed by atoms with Gasteiger partial charge in [0.2, 0.25) is 5.91 Å². The number of piperazine rings is 1. The second kappa shape index (κ2) is 4.85. The molecule has 0 aromatic heterocycles. The summed E-state index contributed by atoms with van der Waals surface area (Å²) in [5.74, 6) is 1.19. The Morgan fingerprint density at radius 1 is 1.42 bits per heavy atom. The fourth-order valence-electron chi connectivity index (χ4n) is 3.31. The second-order valence-corrected chi connectivity index (χ2v) is 5.35. The Labute approximate surface area is 113 Å². The number of nitrogens with zero attached hydrogens (tertiary/aromatic N) is 1. The molecule has 0 radical (unpaired) electrons. The highest BCUT2D eigenvalue weighted by Gasteiger charge is 2.39. The van der Waals surface area contributed by atoms with E-state index < -0.39 is 0 Å². The van der Waals surface area contributed by atoms with Crippen molar-refractivity contribution in [3.63, 3.8) is 0 Å². The molecule has 4 nitrogen and oxygen atoms in total. The molecule has 0 aliphatic carbocycles. The van der Waals surface area contributed by atoms with E-state index in [9.17, 15) is 4.79 Å². The number of carbonyl (C=O) groups excluding carboxylic acids is 1. The van der Waals surface area contributed by atoms with E-state index in [2.05, 4.69) is 24.4 Å². The SMILES string of the molecule is COc1ccc([C@@H]2NCCN3C(=O)CC[C@@H]23)c(C)c1. The summed E-state index contributed by atoms with van der Waals surface area (Å²) in [6, 6.07) is 6.75. The van der Waals surface area contributed by atoms with Crippen molar-refractivity contribution < 1.29 is 9.53 Å². The molecule has 2 aliphatic heterocycles. The van der Waals surface area contributed by atoms with Crippen LogP contribution in [0, 0.1) is 6.92 Å². The van der Waals surface area contributed by atoms with Crippen molar-refractivity contribution in [3.05, 3.63) is 29.3 Å². The maximum atomic E-state index is 11.8. The minimum atomic E-state index is 0.256. The lowest BCUT2D eigenvalue weighted by Crippen LogP contribution is -2.51. The number of benzene rings is 1. The molecule has 2 saturated heterocycles. The smallest absolute Gasteiger partial charge is 0.223 e. The van der Waals surface area contributed by atoms with Gasteiger partial charge in [-0.1, -0.05) is 6.07 Å². The first-order valence-corrected chi connectivity index (χ1v) is 6.88. The Hall–Kier alpha value is -1.55. The van der Waals surface area contributed by atoms with Crippen LogP contribution in [0.2, 0.25) is 0 Å². The molecule has 0 bridgehead atoms. The van der Waals surface area contributed by atoms with E-state index in [0.29, 0.717) is 18.4 Å². The Bertz CT molecular complexity index is 501. The first-order chi connectivity index (χ1) is 9.20. The molecule has 19 heavy (non-hydrogen) atoms. The van der Waals surface area contributed by atoms with Gasteiger partial charge in [0.1, 0.15) is 5.75 Å². The normalized spacial score (nSPS) is 26.4. The van der Waals surface area contributed by atoms with Gasteiger partial charge in [-0.2, -0.15) is 0 Å². The van der Waals surface area contributed by atoms with Crippen molar-refractivity contribution >= 4 is 5.91 Å². The number of aryl methyl sites for hydroxylation is 1. The van der Waals surface area contributed by atoms with Gasteiger partial charge in [-0.25, -0.2) is 0 Å². The summed E-state index contributed by atoms with van der Waals surface area (Å²) in [4.78, 5) is 13.9. The van der Waals surface area contributed by atoms with Crippen molar-refractivity contribution in [1.82, 2.24) is 10.2 Å². The summed E-state index contributed by atoms with van der Waals surface area (Å²) in [7, 11) is 1.69. The number of fused-ring (bicyclic) bond motifs is 1. The number of amides is 1.